The molecule has 0 radical (unpaired) electrons. The summed E-state index contributed by atoms with van der Waals surface area (Å²) in [6, 6.07) is 0. The van der Waals surface area contributed by atoms with Crippen LogP contribution in [0.5, 0.6) is 0 Å². The smallest absolute Gasteiger partial charge is 0.389 e. The van der Waals surface area contributed by atoms with Crippen molar-refractivity contribution in [3.63, 3.8) is 0 Å². The lowest BCUT2D eigenvalue weighted by atomic mass is 11.5. The van der Waals surface area contributed by atoms with Crippen molar-refractivity contribution in [2.24, 2.45) is 5.40 Å². The predicted octanol–water partition coefficient (Wildman–Crippen LogP) is 0.556. The van der Waals surface area contributed by atoms with Crippen molar-refractivity contribution in [2.75, 3.05) is 5.94 Å². The molecule has 0 unspecified atom stereocenters. The number of hydrogen-bond acceptors (Lipinski definition) is 4. The summed E-state index contributed by atoms with van der Waals surface area (Å²) in [5.74, 6) is -1.40. The van der Waals surface area contributed by atoms with Crippen LogP contribution in [-0.4, -0.2) is 28.3 Å². The maximum Gasteiger partial charge on any atom is 0.499 e. The zero-order valence-electron chi connectivity index (χ0n) is 7.05. The van der Waals surface area contributed by atoms with Crippen LogP contribution in [-0.2, 0) is 14.3 Å². The third kappa shape index (κ3) is 4.60. The van der Waals surface area contributed by atoms with Crippen LogP contribution in [0.1, 0.15) is 0 Å². The summed E-state index contributed by atoms with van der Waals surface area (Å²) in [7, 11) is -7.92. The molecule has 0 atom stereocenters. The Morgan fingerprint density at radius 2 is 1.77 bits per heavy atom. The molecule has 13 heavy (non-hydrogen) atoms. The molecule has 4 nitrogen and oxygen atoms in total. The Morgan fingerprint density at radius 1 is 1.38 bits per heavy atom. The predicted molar refractivity (Wildman–Crippen MR) is 42.6 cm³/mol. The Morgan fingerprint density at radius 3 is 2.00 bits per heavy atom. The van der Waals surface area contributed by atoms with Crippen LogP contribution < -0.4 is 5.40 Å². The fraction of sp³-hybridized carbons (Fsp3) is 1.00. The first-order chi connectivity index (χ1) is 5.46. The van der Waals surface area contributed by atoms with Gasteiger partial charge in [0.1, 0.15) is 5.94 Å². The van der Waals surface area contributed by atoms with E-state index in [-0.39, 0.29) is 0 Å². The van der Waals surface area contributed by atoms with E-state index in [1.807, 2.05) is 0 Å². The fourth-order valence-electron chi connectivity index (χ4n) is 0.296. The van der Waals surface area contributed by atoms with Crippen molar-refractivity contribution in [3.8, 4) is 0 Å². The van der Waals surface area contributed by atoms with Gasteiger partial charge in [0.15, 0.2) is 0 Å². The Hall–Kier alpha value is -0.123. The summed E-state index contributed by atoms with van der Waals surface area (Å²) in [6.07, 6.45) is 0. The van der Waals surface area contributed by atoms with Crippen LogP contribution in [0.4, 0.5) is 13.2 Å². The molecule has 0 aromatic rings. The highest BCUT2D eigenvalue weighted by molar-refractivity contribution is 7.92. The summed E-state index contributed by atoms with van der Waals surface area (Å²) >= 11 is 0. The summed E-state index contributed by atoms with van der Waals surface area (Å²) in [6.45, 7) is 2.78. The molecule has 0 saturated carbocycles. The quantitative estimate of drug-likeness (QED) is 0.728. The molecule has 0 rings (SSSR count). The average Bonchev–Trinajstić information content (AvgIpc) is 1.79. The highest BCUT2D eigenvalue weighted by atomic mass is 32.2. The minimum Gasteiger partial charge on any atom is -0.389 e. The first-order valence-electron chi connectivity index (χ1n) is 3.17. The maximum atomic E-state index is 11.7. The van der Waals surface area contributed by atoms with E-state index in [1.165, 1.54) is 13.1 Å². The third-order valence-corrected chi connectivity index (χ3v) is 3.17. The van der Waals surface area contributed by atoms with Crippen LogP contribution in [0.3, 0.4) is 0 Å². The van der Waals surface area contributed by atoms with Crippen molar-refractivity contribution in [3.05, 3.63) is 0 Å². The van der Waals surface area contributed by atoms with E-state index < -0.39 is 29.8 Å². The van der Waals surface area contributed by atoms with Crippen LogP contribution >= 0.6 is 0 Å². The Labute approximate surface area is 75.0 Å². The normalized spacial score (nSPS) is 14.6. The standard InChI is InChI=1S/C4H10F3NO3SSi/c1-13(2,8)11-3-12(9,10)4(5,6)7/h3,8H2,1-2H3. The van der Waals surface area contributed by atoms with E-state index in [0.29, 0.717) is 0 Å². The van der Waals surface area contributed by atoms with Crippen molar-refractivity contribution in [2.45, 2.75) is 18.6 Å². The molecule has 80 valence electrons. The summed E-state index contributed by atoms with van der Waals surface area (Å²) < 4.78 is 60.4. The van der Waals surface area contributed by atoms with Crippen molar-refractivity contribution in [1.82, 2.24) is 0 Å². The van der Waals surface area contributed by atoms with E-state index in [4.69, 9.17) is 5.40 Å². The number of alkyl halides is 3. The van der Waals surface area contributed by atoms with Gasteiger partial charge in [0.25, 0.3) is 18.3 Å². The zero-order chi connectivity index (χ0) is 10.9. The van der Waals surface area contributed by atoms with Gasteiger partial charge in [-0.3, -0.25) is 0 Å². The van der Waals surface area contributed by atoms with Gasteiger partial charge in [-0.1, -0.05) is 0 Å². The molecule has 0 aromatic heterocycles. The fourth-order valence-corrected chi connectivity index (χ4v) is 2.27. The molecular weight excluding hydrogens is 227 g/mol. The van der Waals surface area contributed by atoms with Gasteiger partial charge in [-0.15, -0.1) is 0 Å². The van der Waals surface area contributed by atoms with E-state index in [0.717, 1.165) is 0 Å². The van der Waals surface area contributed by atoms with Crippen LogP contribution in [0.2, 0.25) is 13.1 Å². The van der Waals surface area contributed by atoms with Crippen LogP contribution in [0, 0.1) is 0 Å². The molecular formula is C4H10F3NO3SSi. The van der Waals surface area contributed by atoms with Crippen LogP contribution in [0.25, 0.3) is 0 Å². The number of hydrogen-bond donors (Lipinski definition) is 1. The SMILES string of the molecule is C[Si](C)(N)OCS(=O)(=O)C(F)(F)F. The van der Waals surface area contributed by atoms with Gasteiger partial charge in [0.05, 0.1) is 0 Å². The van der Waals surface area contributed by atoms with Gasteiger partial charge in [-0.2, -0.15) is 13.2 Å². The highest BCUT2D eigenvalue weighted by Gasteiger charge is 2.46. The van der Waals surface area contributed by atoms with E-state index in [1.54, 1.807) is 0 Å². The second-order valence-corrected chi connectivity index (χ2v) is 8.35. The minimum absolute atomic E-state index is 1.39. The van der Waals surface area contributed by atoms with Crippen molar-refractivity contribution < 1.29 is 26.0 Å². The Kier molecular flexibility index (Phi) is 3.52. The second kappa shape index (κ2) is 3.56. The number of nitrogens with two attached hydrogens (primary N) is 1. The third-order valence-electron chi connectivity index (χ3n) is 0.939. The first-order valence-corrected chi connectivity index (χ1v) is 7.81. The summed E-state index contributed by atoms with van der Waals surface area (Å²) in [5.41, 5.74) is -5.27. The van der Waals surface area contributed by atoms with Gasteiger partial charge in [-0.25, -0.2) is 8.42 Å². The first kappa shape index (κ1) is 12.9. The van der Waals surface area contributed by atoms with Crippen molar-refractivity contribution >= 4 is 18.3 Å². The minimum atomic E-state index is -5.27. The summed E-state index contributed by atoms with van der Waals surface area (Å²) in [5, 5.41) is 5.27. The number of sulfone groups is 1. The Bertz CT molecular complexity index is 267. The van der Waals surface area contributed by atoms with Gasteiger partial charge >= 0.3 is 5.51 Å². The maximum absolute atomic E-state index is 11.7. The van der Waals surface area contributed by atoms with Gasteiger partial charge in [0, 0.05) is 0 Å². The lowest BCUT2D eigenvalue weighted by Gasteiger charge is -2.17. The van der Waals surface area contributed by atoms with E-state index >= 15 is 0 Å². The molecule has 0 aliphatic heterocycles. The molecule has 0 amide bonds. The van der Waals surface area contributed by atoms with E-state index in [2.05, 4.69) is 4.43 Å². The second-order valence-electron chi connectivity index (χ2n) is 2.93. The topological polar surface area (TPSA) is 69.4 Å². The van der Waals surface area contributed by atoms with Crippen LogP contribution in [0.15, 0.2) is 0 Å². The number of halogens is 3. The molecule has 0 aliphatic carbocycles. The van der Waals surface area contributed by atoms with Gasteiger partial charge < -0.3 is 9.83 Å². The van der Waals surface area contributed by atoms with Gasteiger partial charge in [0.2, 0.25) is 0 Å². The average molecular weight is 237 g/mol. The molecule has 2 N–H and O–H groups in total. The lowest BCUT2D eigenvalue weighted by Crippen LogP contribution is -2.44. The van der Waals surface area contributed by atoms with Crippen molar-refractivity contribution in [1.29, 1.82) is 0 Å². The largest absolute Gasteiger partial charge is 0.499 e. The molecule has 0 aromatic carbocycles. The van der Waals surface area contributed by atoms with Gasteiger partial charge in [-0.05, 0) is 13.1 Å². The zero-order valence-corrected chi connectivity index (χ0v) is 8.87. The summed E-state index contributed by atoms with van der Waals surface area (Å²) in [4.78, 5) is 0. The molecule has 0 heterocycles. The number of rotatable bonds is 3. The Balaban J connectivity index is 4.40. The molecule has 0 aliphatic rings. The molecule has 0 spiro atoms. The lowest BCUT2D eigenvalue weighted by molar-refractivity contribution is -0.0449. The highest BCUT2D eigenvalue weighted by Crippen LogP contribution is 2.24. The molecule has 0 fully saturated rings. The monoisotopic (exact) mass is 237 g/mol. The molecule has 0 saturated heterocycles. The van der Waals surface area contributed by atoms with E-state index in [9.17, 15) is 21.6 Å². The molecule has 0 bridgehead atoms. The molecule has 9 heteroatoms.